The van der Waals surface area contributed by atoms with Crippen molar-refractivity contribution in [3.8, 4) is 0 Å². The van der Waals surface area contributed by atoms with Gasteiger partial charge in [-0.25, -0.2) is 8.42 Å². The first-order valence-corrected chi connectivity index (χ1v) is 14.7. The molecule has 0 bridgehead atoms. The van der Waals surface area contributed by atoms with Crippen molar-refractivity contribution in [3.05, 3.63) is 94.5 Å². The zero-order valence-electron chi connectivity index (χ0n) is 22.1. The molecule has 2 atom stereocenters. The fraction of sp³-hybridized carbons (Fsp3) is 0.310. The van der Waals surface area contributed by atoms with Crippen LogP contribution >= 0.6 is 15.9 Å². The van der Waals surface area contributed by atoms with Crippen molar-refractivity contribution in [1.29, 1.82) is 0 Å². The molecule has 0 heterocycles. The zero-order valence-corrected chi connectivity index (χ0v) is 24.5. The molecule has 0 saturated carbocycles. The Kier molecular flexibility index (Phi) is 10.1. The molecule has 3 aromatic carbocycles. The first kappa shape index (κ1) is 29.4. The molecule has 0 fully saturated rings. The number of rotatable bonds is 11. The highest BCUT2D eigenvalue weighted by Crippen LogP contribution is 2.27. The van der Waals surface area contributed by atoms with E-state index in [9.17, 15) is 18.0 Å². The smallest absolute Gasteiger partial charge is 0.264 e. The summed E-state index contributed by atoms with van der Waals surface area (Å²) in [6, 6.07) is 21.6. The van der Waals surface area contributed by atoms with Crippen molar-refractivity contribution in [1.82, 2.24) is 10.2 Å². The molecule has 0 unspecified atom stereocenters. The first-order valence-electron chi connectivity index (χ1n) is 12.5. The van der Waals surface area contributed by atoms with Gasteiger partial charge < -0.3 is 10.2 Å². The second kappa shape index (κ2) is 13.1. The van der Waals surface area contributed by atoms with Crippen molar-refractivity contribution in [2.24, 2.45) is 0 Å². The number of hydrogen-bond acceptors (Lipinski definition) is 4. The second-order valence-corrected chi connectivity index (χ2v) is 12.1. The van der Waals surface area contributed by atoms with Crippen LogP contribution in [-0.2, 0) is 26.2 Å². The van der Waals surface area contributed by atoms with Crippen molar-refractivity contribution >= 4 is 43.5 Å². The van der Waals surface area contributed by atoms with Crippen LogP contribution in [0.3, 0.4) is 0 Å². The van der Waals surface area contributed by atoms with Crippen LogP contribution in [0.5, 0.6) is 0 Å². The van der Waals surface area contributed by atoms with Crippen molar-refractivity contribution < 1.29 is 18.0 Å². The van der Waals surface area contributed by atoms with E-state index in [1.165, 1.54) is 17.0 Å². The molecular formula is C29H34BrN3O4S. The maximum Gasteiger partial charge on any atom is 0.264 e. The van der Waals surface area contributed by atoms with E-state index in [0.29, 0.717) is 10.2 Å². The molecule has 202 valence electrons. The van der Waals surface area contributed by atoms with Crippen LogP contribution in [0.1, 0.15) is 38.3 Å². The fourth-order valence-corrected chi connectivity index (χ4v) is 5.75. The Bertz CT molecular complexity index is 1370. The number of carbonyl (C=O) groups is 2. The number of carbonyl (C=O) groups excluding carboxylic acids is 2. The molecule has 38 heavy (non-hydrogen) atoms. The summed E-state index contributed by atoms with van der Waals surface area (Å²) in [6.45, 7) is 7.18. The predicted molar refractivity (Wildman–Crippen MR) is 154 cm³/mol. The van der Waals surface area contributed by atoms with Gasteiger partial charge in [0.15, 0.2) is 0 Å². The van der Waals surface area contributed by atoms with Crippen LogP contribution < -0.4 is 9.62 Å². The van der Waals surface area contributed by atoms with Gasteiger partial charge in [0.05, 0.1) is 10.6 Å². The number of halogens is 1. The molecule has 0 radical (unpaired) electrons. The van der Waals surface area contributed by atoms with E-state index in [4.69, 9.17) is 0 Å². The van der Waals surface area contributed by atoms with Gasteiger partial charge in [0.1, 0.15) is 12.6 Å². The van der Waals surface area contributed by atoms with Gasteiger partial charge in [-0.05, 0) is 63.1 Å². The molecule has 0 aliphatic heterocycles. The third-order valence-electron chi connectivity index (χ3n) is 6.31. The van der Waals surface area contributed by atoms with E-state index >= 15 is 0 Å². The zero-order chi connectivity index (χ0) is 27.9. The van der Waals surface area contributed by atoms with Gasteiger partial charge in [0.25, 0.3) is 10.0 Å². The van der Waals surface area contributed by atoms with Gasteiger partial charge >= 0.3 is 0 Å². The average Bonchev–Trinajstić information content (AvgIpc) is 2.90. The fourth-order valence-electron chi connectivity index (χ4n) is 3.94. The number of amides is 2. The maximum atomic E-state index is 13.9. The Balaban J connectivity index is 2.02. The van der Waals surface area contributed by atoms with Crippen LogP contribution in [-0.4, -0.2) is 43.8 Å². The molecule has 1 N–H and O–H groups in total. The van der Waals surface area contributed by atoms with E-state index in [-0.39, 0.29) is 23.4 Å². The van der Waals surface area contributed by atoms with Crippen LogP contribution in [0.4, 0.5) is 5.69 Å². The number of nitrogens with zero attached hydrogens (tertiary/aromatic N) is 2. The third-order valence-corrected chi connectivity index (χ3v) is 8.59. The van der Waals surface area contributed by atoms with Gasteiger partial charge in [-0.1, -0.05) is 76.9 Å². The quantitative estimate of drug-likeness (QED) is 0.324. The molecule has 9 heteroatoms. The Hall–Kier alpha value is -3.17. The summed E-state index contributed by atoms with van der Waals surface area (Å²) >= 11 is 3.40. The highest BCUT2D eigenvalue weighted by atomic mass is 79.9. The Morgan fingerprint density at radius 1 is 0.947 bits per heavy atom. The molecular weight excluding hydrogens is 566 g/mol. The SMILES string of the molecule is CC[C@@H](C)NC(=O)[C@H](C)N(Cc1cccc(C)c1)C(=O)CN(c1cccc(Br)c1)S(=O)(=O)c1ccccc1. The Morgan fingerprint density at radius 2 is 1.63 bits per heavy atom. The Morgan fingerprint density at radius 3 is 2.26 bits per heavy atom. The van der Waals surface area contributed by atoms with Gasteiger partial charge in [0.2, 0.25) is 11.8 Å². The summed E-state index contributed by atoms with van der Waals surface area (Å²) in [5, 5.41) is 2.94. The maximum absolute atomic E-state index is 13.9. The largest absolute Gasteiger partial charge is 0.352 e. The molecule has 2 amide bonds. The first-order chi connectivity index (χ1) is 18.0. The summed E-state index contributed by atoms with van der Waals surface area (Å²) in [4.78, 5) is 28.5. The number of benzene rings is 3. The van der Waals surface area contributed by atoms with E-state index in [0.717, 1.165) is 21.9 Å². The summed E-state index contributed by atoms with van der Waals surface area (Å²) in [7, 11) is -4.08. The number of nitrogens with one attached hydrogen (secondary N) is 1. The van der Waals surface area contributed by atoms with Gasteiger partial charge in [-0.3, -0.25) is 13.9 Å². The van der Waals surface area contributed by atoms with E-state index in [2.05, 4.69) is 21.2 Å². The molecule has 0 aliphatic rings. The lowest BCUT2D eigenvalue weighted by Gasteiger charge is -2.32. The highest BCUT2D eigenvalue weighted by Gasteiger charge is 2.32. The number of hydrogen-bond donors (Lipinski definition) is 1. The minimum Gasteiger partial charge on any atom is -0.352 e. The predicted octanol–water partition coefficient (Wildman–Crippen LogP) is 5.28. The molecule has 3 rings (SSSR count). The molecule has 7 nitrogen and oxygen atoms in total. The summed E-state index contributed by atoms with van der Waals surface area (Å²) < 4.78 is 29.3. The number of aryl methyl sites for hydroxylation is 1. The monoisotopic (exact) mass is 599 g/mol. The third kappa shape index (κ3) is 7.45. The van der Waals surface area contributed by atoms with E-state index in [1.807, 2.05) is 45.0 Å². The lowest BCUT2D eigenvalue weighted by Crippen LogP contribution is -2.52. The second-order valence-electron chi connectivity index (χ2n) is 9.31. The Labute approximate surface area is 234 Å². The molecule has 0 spiro atoms. The lowest BCUT2D eigenvalue weighted by molar-refractivity contribution is -0.139. The summed E-state index contributed by atoms with van der Waals surface area (Å²) in [6.07, 6.45) is 0.746. The minimum absolute atomic E-state index is 0.0579. The number of anilines is 1. The highest BCUT2D eigenvalue weighted by molar-refractivity contribution is 9.10. The van der Waals surface area contributed by atoms with Crippen molar-refractivity contribution in [2.45, 2.75) is 57.6 Å². The van der Waals surface area contributed by atoms with Gasteiger partial charge in [-0.2, -0.15) is 0 Å². The van der Waals surface area contributed by atoms with Crippen molar-refractivity contribution in [3.63, 3.8) is 0 Å². The summed E-state index contributed by atoms with van der Waals surface area (Å²) in [5.41, 5.74) is 2.21. The molecule has 0 saturated heterocycles. The molecule has 0 aliphatic carbocycles. The molecule has 0 aromatic heterocycles. The van der Waals surface area contributed by atoms with Crippen LogP contribution in [0, 0.1) is 6.92 Å². The van der Waals surface area contributed by atoms with Gasteiger partial charge in [-0.15, -0.1) is 0 Å². The van der Waals surface area contributed by atoms with Crippen LogP contribution in [0.15, 0.2) is 88.2 Å². The minimum atomic E-state index is -4.08. The van der Waals surface area contributed by atoms with Gasteiger partial charge in [0, 0.05) is 17.1 Å². The van der Waals surface area contributed by atoms with E-state index < -0.39 is 28.5 Å². The standard InChI is InChI=1S/C29H34BrN3O4S/c1-5-22(3)31-29(35)23(4)32(19-24-12-9-11-21(2)17-24)28(34)20-33(26-14-10-13-25(30)18-26)38(36,37)27-15-7-6-8-16-27/h6-18,22-23H,5,19-20H2,1-4H3,(H,31,35)/t22-,23+/m1/s1. The lowest BCUT2D eigenvalue weighted by atomic mass is 10.1. The molecule has 3 aromatic rings. The van der Waals surface area contributed by atoms with Crippen LogP contribution in [0.25, 0.3) is 0 Å². The normalized spacial score (nSPS) is 12.9. The van der Waals surface area contributed by atoms with E-state index in [1.54, 1.807) is 49.4 Å². The number of sulfonamides is 1. The average molecular weight is 601 g/mol. The van der Waals surface area contributed by atoms with Crippen LogP contribution in [0.2, 0.25) is 0 Å². The topological polar surface area (TPSA) is 86.8 Å². The van der Waals surface area contributed by atoms with Crippen molar-refractivity contribution in [2.75, 3.05) is 10.8 Å². The summed E-state index contributed by atoms with van der Waals surface area (Å²) in [5.74, 6) is -0.780.